The van der Waals surface area contributed by atoms with Gasteiger partial charge in [0, 0.05) is 36.1 Å². The van der Waals surface area contributed by atoms with E-state index in [-0.39, 0.29) is 17.8 Å². The third-order valence-electron chi connectivity index (χ3n) is 5.06. The Morgan fingerprint density at radius 2 is 1.83 bits per heavy atom. The van der Waals surface area contributed by atoms with Gasteiger partial charge in [-0.15, -0.1) is 0 Å². The monoisotopic (exact) mass is 413 g/mol. The molecule has 0 radical (unpaired) electrons. The van der Waals surface area contributed by atoms with Gasteiger partial charge < -0.3 is 4.57 Å². The third kappa shape index (κ3) is 3.00. The molecule has 150 valence electrons. The number of hydrogen-bond acceptors (Lipinski definition) is 4. The lowest BCUT2D eigenvalue weighted by atomic mass is 10.1. The lowest BCUT2D eigenvalue weighted by molar-refractivity contribution is 0.0969. The first-order chi connectivity index (χ1) is 13.8. The minimum Gasteiger partial charge on any atom is -0.314 e. The van der Waals surface area contributed by atoms with Crippen LogP contribution in [0.25, 0.3) is 16.9 Å². The molecule has 0 saturated heterocycles. The SMILES string of the molecule is CCCn1c(C)cn2c3c(=O)n(CC(=O)c4ccc(Cl)cc4)c(=O)n(C)c3nc12. The van der Waals surface area contributed by atoms with Crippen LogP contribution in [0.4, 0.5) is 0 Å². The molecule has 0 aliphatic carbocycles. The molecule has 8 nitrogen and oxygen atoms in total. The van der Waals surface area contributed by atoms with Crippen LogP contribution in [0, 0.1) is 6.92 Å². The van der Waals surface area contributed by atoms with Crippen molar-refractivity contribution in [2.75, 3.05) is 0 Å². The van der Waals surface area contributed by atoms with Crippen LogP contribution < -0.4 is 11.2 Å². The van der Waals surface area contributed by atoms with Gasteiger partial charge in [-0.3, -0.25) is 23.1 Å². The first-order valence-electron chi connectivity index (χ1n) is 9.30. The van der Waals surface area contributed by atoms with Crippen molar-refractivity contribution in [1.82, 2.24) is 23.1 Å². The van der Waals surface area contributed by atoms with E-state index in [1.165, 1.54) is 4.57 Å². The summed E-state index contributed by atoms with van der Waals surface area (Å²) in [6.45, 7) is 4.40. The number of imidazole rings is 2. The third-order valence-corrected chi connectivity index (χ3v) is 5.31. The van der Waals surface area contributed by atoms with Crippen molar-refractivity contribution in [3.8, 4) is 0 Å². The topological polar surface area (TPSA) is 83.3 Å². The Bertz CT molecular complexity index is 1370. The molecule has 0 unspecified atom stereocenters. The standard InChI is InChI=1S/C20H20ClN5O3/c1-4-9-24-12(2)10-25-16-17(22-19(24)25)23(3)20(29)26(18(16)28)11-15(27)13-5-7-14(21)8-6-13/h5-8,10H,4,9,11H2,1-3H3. The summed E-state index contributed by atoms with van der Waals surface area (Å²) in [6.07, 6.45) is 2.74. The number of benzene rings is 1. The number of halogens is 1. The van der Waals surface area contributed by atoms with Gasteiger partial charge in [0.2, 0.25) is 5.78 Å². The Kier molecular flexibility index (Phi) is 4.66. The van der Waals surface area contributed by atoms with Crippen LogP contribution in [0.3, 0.4) is 0 Å². The van der Waals surface area contributed by atoms with Crippen molar-refractivity contribution in [3.63, 3.8) is 0 Å². The van der Waals surface area contributed by atoms with Crippen LogP contribution in [-0.4, -0.2) is 28.9 Å². The van der Waals surface area contributed by atoms with E-state index in [1.807, 2.05) is 17.7 Å². The lowest BCUT2D eigenvalue weighted by Gasteiger charge is -2.08. The van der Waals surface area contributed by atoms with Gasteiger partial charge in [0.15, 0.2) is 16.9 Å². The second-order valence-corrected chi connectivity index (χ2v) is 7.48. The van der Waals surface area contributed by atoms with Gasteiger partial charge in [0.25, 0.3) is 5.56 Å². The summed E-state index contributed by atoms with van der Waals surface area (Å²) in [5, 5.41) is 0.504. The number of fused-ring (bicyclic) bond motifs is 3. The van der Waals surface area contributed by atoms with E-state index >= 15 is 0 Å². The number of aromatic nitrogens is 5. The highest BCUT2D eigenvalue weighted by atomic mass is 35.5. The minimum atomic E-state index is -0.579. The second kappa shape index (κ2) is 7.04. The summed E-state index contributed by atoms with van der Waals surface area (Å²) in [4.78, 5) is 43.2. The number of aryl methyl sites for hydroxylation is 3. The zero-order valence-electron chi connectivity index (χ0n) is 16.3. The lowest BCUT2D eigenvalue weighted by Crippen LogP contribution is -2.41. The molecule has 0 saturated carbocycles. The molecule has 0 amide bonds. The number of carbonyl (C=O) groups is 1. The Labute approximate surface area is 170 Å². The molecule has 0 atom stereocenters. The number of Topliss-reactive ketones (excluding diaryl/α,β-unsaturated/α-hetero) is 1. The summed E-state index contributed by atoms with van der Waals surface area (Å²) in [5.74, 6) is 0.258. The molecule has 9 heteroatoms. The highest BCUT2D eigenvalue weighted by Gasteiger charge is 2.21. The molecule has 0 spiro atoms. The molecule has 4 aromatic rings. The van der Waals surface area contributed by atoms with Gasteiger partial charge in [0.05, 0.1) is 6.54 Å². The molecule has 0 aliphatic heterocycles. The summed E-state index contributed by atoms with van der Waals surface area (Å²) < 4.78 is 5.98. The number of carbonyl (C=O) groups excluding carboxylic acids is 1. The van der Waals surface area contributed by atoms with Crippen molar-refractivity contribution in [1.29, 1.82) is 0 Å². The summed E-state index contributed by atoms with van der Waals surface area (Å²) in [5.41, 5.74) is 0.815. The molecule has 4 rings (SSSR count). The highest BCUT2D eigenvalue weighted by Crippen LogP contribution is 2.17. The van der Waals surface area contributed by atoms with Gasteiger partial charge >= 0.3 is 5.69 Å². The molecule has 0 bridgehead atoms. The number of rotatable bonds is 5. The normalized spacial score (nSPS) is 11.6. The van der Waals surface area contributed by atoms with Crippen LogP contribution in [-0.2, 0) is 20.1 Å². The van der Waals surface area contributed by atoms with Crippen molar-refractivity contribution in [3.05, 3.63) is 67.6 Å². The summed E-state index contributed by atoms with van der Waals surface area (Å²) >= 11 is 5.86. The fourth-order valence-electron chi connectivity index (χ4n) is 3.57. The summed E-state index contributed by atoms with van der Waals surface area (Å²) in [7, 11) is 1.55. The van der Waals surface area contributed by atoms with E-state index in [9.17, 15) is 14.4 Å². The smallest absolute Gasteiger partial charge is 0.314 e. The zero-order valence-corrected chi connectivity index (χ0v) is 17.1. The van der Waals surface area contributed by atoms with Crippen LogP contribution in [0.2, 0.25) is 5.02 Å². The second-order valence-electron chi connectivity index (χ2n) is 7.04. The van der Waals surface area contributed by atoms with E-state index in [4.69, 9.17) is 11.6 Å². The maximum atomic E-state index is 13.2. The molecule has 3 aromatic heterocycles. The van der Waals surface area contributed by atoms with E-state index in [0.717, 1.165) is 23.2 Å². The van der Waals surface area contributed by atoms with Gasteiger partial charge in [-0.2, -0.15) is 4.98 Å². The first kappa shape index (κ1) is 19.2. The maximum absolute atomic E-state index is 13.2. The van der Waals surface area contributed by atoms with Crippen LogP contribution >= 0.6 is 11.6 Å². The maximum Gasteiger partial charge on any atom is 0.332 e. The Morgan fingerprint density at radius 3 is 2.48 bits per heavy atom. The number of nitrogens with zero attached hydrogens (tertiary/aromatic N) is 5. The molecule has 0 N–H and O–H groups in total. The first-order valence-corrected chi connectivity index (χ1v) is 9.67. The molecule has 29 heavy (non-hydrogen) atoms. The average Bonchev–Trinajstić information content (AvgIpc) is 3.20. The predicted molar refractivity (Wildman–Crippen MR) is 111 cm³/mol. The molecular weight excluding hydrogens is 394 g/mol. The number of hydrogen-bond donors (Lipinski definition) is 0. The van der Waals surface area contributed by atoms with E-state index in [2.05, 4.69) is 11.9 Å². The van der Waals surface area contributed by atoms with E-state index < -0.39 is 11.2 Å². The average molecular weight is 414 g/mol. The Balaban J connectivity index is 1.91. The number of ketones is 1. The van der Waals surface area contributed by atoms with Gasteiger partial charge in [0.1, 0.15) is 0 Å². The quantitative estimate of drug-likeness (QED) is 0.470. The van der Waals surface area contributed by atoms with Crippen molar-refractivity contribution >= 4 is 34.3 Å². The fourth-order valence-corrected chi connectivity index (χ4v) is 3.69. The molecule has 3 heterocycles. The van der Waals surface area contributed by atoms with E-state index in [0.29, 0.717) is 22.0 Å². The van der Waals surface area contributed by atoms with E-state index in [1.54, 1.807) is 35.7 Å². The van der Waals surface area contributed by atoms with Gasteiger partial charge in [-0.1, -0.05) is 18.5 Å². The fraction of sp³-hybridized carbons (Fsp3) is 0.300. The van der Waals surface area contributed by atoms with Gasteiger partial charge in [-0.25, -0.2) is 4.79 Å². The Morgan fingerprint density at radius 1 is 1.14 bits per heavy atom. The van der Waals surface area contributed by atoms with Crippen molar-refractivity contribution in [2.45, 2.75) is 33.4 Å². The highest BCUT2D eigenvalue weighted by molar-refractivity contribution is 6.30. The van der Waals surface area contributed by atoms with Gasteiger partial charge in [-0.05, 0) is 37.6 Å². The molecule has 0 fully saturated rings. The molecule has 1 aromatic carbocycles. The van der Waals surface area contributed by atoms with Crippen LogP contribution in [0.15, 0.2) is 40.1 Å². The Hall–Kier alpha value is -3.13. The predicted octanol–water partition coefficient (Wildman–Crippen LogP) is 2.40. The van der Waals surface area contributed by atoms with Crippen LogP contribution in [0.5, 0.6) is 0 Å². The van der Waals surface area contributed by atoms with Crippen LogP contribution in [0.1, 0.15) is 29.4 Å². The molecular formula is C20H20ClN5O3. The zero-order chi connectivity index (χ0) is 20.9. The summed E-state index contributed by atoms with van der Waals surface area (Å²) in [6, 6.07) is 6.34. The van der Waals surface area contributed by atoms with Crippen molar-refractivity contribution < 1.29 is 4.79 Å². The van der Waals surface area contributed by atoms with Crippen molar-refractivity contribution in [2.24, 2.45) is 7.05 Å². The minimum absolute atomic E-state index is 0.281. The largest absolute Gasteiger partial charge is 0.332 e. The molecule has 0 aliphatic rings.